The fourth-order valence-electron chi connectivity index (χ4n) is 4.38. The number of fused-ring (bicyclic) bond motifs is 1. The van der Waals surface area contributed by atoms with E-state index in [0.29, 0.717) is 6.04 Å². The summed E-state index contributed by atoms with van der Waals surface area (Å²) in [6.45, 7) is 1.25. The standard InChI is InChI=1S/C14H25NO/c16-14-9-3-8-13(14)15-10-4-6-11-5-1-2-7-12(11)15/h11-14,16H,1-10H2/t11-,12-,13?,14?/m1/s1. The third-order valence-corrected chi connectivity index (χ3v) is 5.16. The Morgan fingerprint density at radius 3 is 2.31 bits per heavy atom. The number of piperidine rings is 1. The SMILES string of the molecule is OC1CCCC1N1CCC[C@H]2CCCC[C@H]21. The average Bonchev–Trinajstić information content (AvgIpc) is 2.75. The Kier molecular flexibility index (Phi) is 3.21. The highest BCUT2D eigenvalue weighted by Crippen LogP contribution is 2.39. The molecule has 0 aromatic heterocycles. The van der Waals surface area contributed by atoms with Gasteiger partial charge in [0.05, 0.1) is 6.10 Å². The summed E-state index contributed by atoms with van der Waals surface area (Å²) in [5.41, 5.74) is 0. The van der Waals surface area contributed by atoms with Crippen LogP contribution < -0.4 is 0 Å². The summed E-state index contributed by atoms with van der Waals surface area (Å²) in [5.74, 6) is 0.954. The lowest BCUT2D eigenvalue weighted by Crippen LogP contribution is -2.53. The molecule has 92 valence electrons. The summed E-state index contributed by atoms with van der Waals surface area (Å²) in [5, 5.41) is 10.1. The van der Waals surface area contributed by atoms with E-state index in [1.54, 1.807) is 0 Å². The Morgan fingerprint density at radius 1 is 0.750 bits per heavy atom. The quantitative estimate of drug-likeness (QED) is 0.738. The zero-order valence-electron chi connectivity index (χ0n) is 10.3. The molecule has 3 aliphatic rings. The van der Waals surface area contributed by atoms with Gasteiger partial charge in [0.2, 0.25) is 0 Å². The van der Waals surface area contributed by atoms with Gasteiger partial charge in [0, 0.05) is 12.1 Å². The van der Waals surface area contributed by atoms with Crippen molar-refractivity contribution in [1.29, 1.82) is 0 Å². The molecule has 0 bridgehead atoms. The second-order valence-electron chi connectivity index (χ2n) is 6.06. The van der Waals surface area contributed by atoms with Crippen LogP contribution in [-0.2, 0) is 0 Å². The third-order valence-electron chi connectivity index (χ3n) is 5.16. The van der Waals surface area contributed by atoms with Gasteiger partial charge in [-0.15, -0.1) is 0 Å². The second kappa shape index (κ2) is 4.66. The van der Waals surface area contributed by atoms with Gasteiger partial charge in [0.1, 0.15) is 0 Å². The van der Waals surface area contributed by atoms with E-state index in [1.807, 2.05) is 0 Å². The van der Waals surface area contributed by atoms with Gasteiger partial charge in [-0.2, -0.15) is 0 Å². The van der Waals surface area contributed by atoms with E-state index in [1.165, 1.54) is 57.9 Å². The molecule has 0 aromatic carbocycles. The van der Waals surface area contributed by atoms with Gasteiger partial charge in [-0.05, 0) is 57.4 Å². The van der Waals surface area contributed by atoms with E-state index in [-0.39, 0.29) is 6.10 Å². The molecular formula is C14H25NO. The van der Waals surface area contributed by atoms with Crippen molar-refractivity contribution in [3.8, 4) is 0 Å². The summed E-state index contributed by atoms with van der Waals surface area (Å²) in [4.78, 5) is 2.70. The molecule has 1 aliphatic heterocycles. The molecule has 16 heavy (non-hydrogen) atoms. The Morgan fingerprint density at radius 2 is 1.50 bits per heavy atom. The van der Waals surface area contributed by atoms with Crippen molar-refractivity contribution in [2.75, 3.05) is 6.54 Å². The second-order valence-corrected chi connectivity index (χ2v) is 6.06. The highest BCUT2D eigenvalue weighted by Gasteiger charge is 2.40. The molecule has 3 fully saturated rings. The number of aliphatic hydroxyl groups excluding tert-OH is 1. The van der Waals surface area contributed by atoms with Gasteiger partial charge >= 0.3 is 0 Å². The summed E-state index contributed by atoms with van der Waals surface area (Å²) >= 11 is 0. The van der Waals surface area contributed by atoms with Crippen LogP contribution >= 0.6 is 0 Å². The van der Waals surface area contributed by atoms with Crippen molar-refractivity contribution >= 4 is 0 Å². The van der Waals surface area contributed by atoms with E-state index >= 15 is 0 Å². The minimum absolute atomic E-state index is 0.0272. The Bertz CT molecular complexity index is 241. The zero-order chi connectivity index (χ0) is 11.0. The zero-order valence-corrected chi connectivity index (χ0v) is 10.3. The molecule has 2 saturated carbocycles. The van der Waals surface area contributed by atoms with Crippen LogP contribution in [0.1, 0.15) is 57.8 Å². The molecule has 0 amide bonds. The van der Waals surface area contributed by atoms with Gasteiger partial charge < -0.3 is 5.11 Å². The Hall–Kier alpha value is -0.0800. The molecule has 2 heteroatoms. The molecule has 2 aliphatic carbocycles. The molecule has 1 heterocycles. The predicted molar refractivity (Wildman–Crippen MR) is 65.3 cm³/mol. The maximum Gasteiger partial charge on any atom is 0.0695 e. The van der Waals surface area contributed by atoms with Crippen LogP contribution in [0, 0.1) is 5.92 Å². The first kappa shape index (κ1) is 11.0. The van der Waals surface area contributed by atoms with Crippen molar-refractivity contribution in [2.24, 2.45) is 5.92 Å². The minimum atomic E-state index is -0.0272. The lowest BCUT2D eigenvalue weighted by Gasteiger charge is -2.47. The molecule has 0 spiro atoms. The molecular weight excluding hydrogens is 198 g/mol. The fraction of sp³-hybridized carbons (Fsp3) is 1.00. The highest BCUT2D eigenvalue weighted by molar-refractivity contribution is 4.94. The summed E-state index contributed by atoms with van der Waals surface area (Å²) in [6.07, 6.45) is 12.0. The number of hydrogen-bond acceptors (Lipinski definition) is 2. The van der Waals surface area contributed by atoms with Crippen molar-refractivity contribution in [3.05, 3.63) is 0 Å². The Labute approximate surface area is 99.0 Å². The largest absolute Gasteiger partial charge is 0.391 e. The summed E-state index contributed by atoms with van der Waals surface area (Å²) < 4.78 is 0. The van der Waals surface area contributed by atoms with Crippen LogP contribution in [-0.4, -0.2) is 34.7 Å². The topological polar surface area (TPSA) is 23.5 Å². The van der Waals surface area contributed by atoms with Crippen molar-refractivity contribution in [2.45, 2.75) is 76.0 Å². The average molecular weight is 223 g/mol. The first-order valence-electron chi connectivity index (χ1n) is 7.30. The predicted octanol–water partition coefficient (Wildman–Crippen LogP) is 2.55. The van der Waals surface area contributed by atoms with E-state index < -0.39 is 0 Å². The van der Waals surface area contributed by atoms with Gasteiger partial charge in [0.25, 0.3) is 0 Å². The highest BCUT2D eigenvalue weighted by atomic mass is 16.3. The van der Waals surface area contributed by atoms with E-state index in [0.717, 1.165) is 18.4 Å². The van der Waals surface area contributed by atoms with E-state index in [9.17, 15) is 5.11 Å². The summed E-state index contributed by atoms with van der Waals surface area (Å²) in [6, 6.07) is 1.33. The van der Waals surface area contributed by atoms with Crippen molar-refractivity contribution in [1.82, 2.24) is 4.90 Å². The van der Waals surface area contributed by atoms with E-state index in [4.69, 9.17) is 0 Å². The Balaban J connectivity index is 1.72. The normalized spacial score (nSPS) is 45.6. The molecule has 0 radical (unpaired) electrons. The van der Waals surface area contributed by atoms with Crippen molar-refractivity contribution < 1.29 is 5.11 Å². The van der Waals surface area contributed by atoms with Gasteiger partial charge in [-0.25, -0.2) is 0 Å². The number of hydrogen-bond donors (Lipinski definition) is 1. The van der Waals surface area contributed by atoms with Gasteiger partial charge in [0.15, 0.2) is 0 Å². The van der Waals surface area contributed by atoms with Gasteiger partial charge in [-0.3, -0.25) is 4.90 Å². The molecule has 4 atom stereocenters. The lowest BCUT2D eigenvalue weighted by molar-refractivity contribution is -0.0143. The van der Waals surface area contributed by atoms with Crippen LogP contribution in [0.4, 0.5) is 0 Å². The van der Waals surface area contributed by atoms with Gasteiger partial charge in [-0.1, -0.05) is 12.8 Å². The van der Waals surface area contributed by atoms with Crippen LogP contribution in [0.2, 0.25) is 0 Å². The molecule has 1 saturated heterocycles. The maximum atomic E-state index is 10.1. The number of aliphatic hydroxyl groups is 1. The van der Waals surface area contributed by atoms with Crippen LogP contribution in [0.25, 0.3) is 0 Å². The third kappa shape index (κ3) is 1.91. The first-order chi connectivity index (χ1) is 7.86. The van der Waals surface area contributed by atoms with Crippen LogP contribution in [0.3, 0.4) is 0 Å². The number of rotatable bonds is 1. The van der Waals surface area contributed by atoms with E-state index in [2.05, 4.69) is 4.90 Å². The van der Waals surface area contributed by atoms with Crippen LogP contribution in [0.15, 0.2) is 0 Å². The number of nitrogens with zero attached hydrogens (tertiary/aromatic N) is 1. The molecule has 3 rings (SSSR count). The van der Waals surface area contributed by atoms with Crippen molar-refractivity contribution in [3.63, 3.8) is 0 Å². The lowest BCUT2D eigenvalue weighted by atomic mass is 9.77. The first-order valence-corrected chi connectivity index (χ1v) is 7.30. The summed E-state index contributed by atoms with van der Waals surface area (Å²) in [7, 11) is 0. The minimum Gasteiger partial charge on any atom is -0.391 e. The molecule has 2 unspecified atom stereocenters. The monoisotopic (exact) mass is 223 g/mol. The maximum absolute atomic E-state index is 10.1. The number of likely N-dealkylation sites (tertiary alicyclic amines) is 1. The molecule has 0 aromatic rings. The molecule has 2 nitrogen and oxygen atoms in total. The fourth-order valence-corrected chi connectivity index (χ4v) is 4.38. The van der Waals surface area contributed by atoms with Crippen LogP contribution in [0.5, 0.6) is 0 Å². The smallest absolute Gasteiger partial charge is 0.0695 e. The molecule has 1 N–H and O–H groups in total.